The van der Waals surface area contributed by atoms with Gasteiger partial charge in [-0.15, -0.1) is 0 Å². The molecule has 1 aromatic carbocycles. The Labute approximate surface area is 106 Å². The maximum absolute atomic E-state index is 8.88. The Morgan fingerprint density at radius 3 is 3.06 bits per heavy atom. The molecular weight excluding hydrogens is 230 g/mol. The number of benzene rings is 1. The summed E-state index contributed by atoms with van der Waals surface area (Å²) >= 11 is 1.75. The van der Waals surface area contributed by atoms with E-state index in [1.807, 2.05) is 25.1 Å². The molecule has 2 rings (SSSR count). The Hall–Kier alpha value is -1.47. The van der Waals surface area contributed by atoms with Crippen LogP contribution in [0, 0.1) is 18.3 Å². The van der Waals surface area contributed by atoms with Crippen LogP contribution in [0.5, 0.6) is 0 Å². The maximum Gasteiger partial charge on any atom is 0.161 e. The first-order chi connectivity index (χ1) is 8.22. The Morgan fingerprint density at radius 2 is 2.41 bits per heavy atom. The van der Waals surface area contributed by atoms with E-state index in [0.717, 1.165) is 28.6 Å². The Balaban J connectivity index is 2.17. The van der Waals surface area contributed by atoms with Gasteiger partial charge < -0.3 is 5.32 Å². The number of nitrogens with zero attached hydrogens (tertiary/aromatic N) is 2. The van der Waals surface area contributed by atoms with Crippen LogP contribution in [0.15, 0.2) is 23.2 Å². The van der Waals surface area contributed by atoms with Crippen molar-refractivity contribution in [3.63, 3.8) is 0 Å². The molecule has 1 heterocycles. The summed E-state index contributed by atoms with van der Waals surface area (Å²) in [7, 11) is 0. The van der Waals surface area contributed by atoms with Crippen molar-refractivity contribution in [3.05, 3.63) is 29.3 Å². The van der Waals surface area contributed by atoms with Gasteiger partial charge in [0.05, 0.1) is 17.7 Å². The van der Waals surface area contributed by atoms with Crippen molar-refractivity contribution in [2.45, 2.75) is 26.3 Å². The van der Waals surface area contributed by atoms with Crippen LogP contribution in [0.3, 0.4) is 0 Å². The highest BCUT2D eigenvalue weighted by atomic mass is 32.2. The second-order valence-electron chi connectivity index (χ2n) is 4.07. The quantitative estimate of drug-likeness (QED) is 0.870. The second-order valence-corrected chi connectivity index (χ2v) is 5.08. The summed E-state index contributed by atoms with van der Waals surface area (Å²) in [5.74, 6) is 1.05. The van der Waals surface area contributed by atoms with E-state index in [4.69, 9.17) is 5.26 Å². The number of aliphatic imine (C=N–C) groups is 1. The number of hydrogen-bond acceptors (Lipinski definition) is 4. The van der Waals surface area contributed by atoms with E-state index in [2.05, 4.69) is 23.3 Å². The van der Waals surface area contributed by atoms with Gasteiger partial charge >= 0.3 is 0 Å². The largest absolute Gasteiger partial charge is 0.335 e. The van der Waals surface area contributed by atoms with E-state index in [9.17, 15) is 0 Å². The molecule has 3 nitrogen and oxygen atoms in total. The zero-order valence-electron chi connectivity index (χ0n) is 10.0. The maximum atomic E-state index is 8.88. The molecule has 0 amide bonds. The van der Waals surface area contributed by atoms with Gasteiger partial charge in [-0.1, -0.05) is 24.8 Å². The summed E-state index contributed by atoms with van der Waals surface area (Å²) in [6.45, 7) is 4.18. The number of nitrogens with one attached hydrogen (secondary N) is 1. The van der Waals surface area contributed by atoms with Gasteiger partial charge in [0.1, 0.15) is 0 Å². The molecule has 1 atom stereocenters. The summed E-state index contributed by atoms with van der Waals surface area (Å²) in [6, 6.07) is 8.25. The lowest BCUT2D eigenvalue weighted by Crippen LogP contribution is -2.06. The molecule has 17 heavy (non-hydrogen) atoms. The van der Waals surface area contributed by atoms with E-state index >= 15 is 0 Å². The minimum absolute atomic E-state index is 0.432. The molecule has 4 heteroatoms. The predicted octanol–water partition coefficient (Wildman–Crippen LogP) is 3.16. The number of rotatable bonds is 2. The van der Waals surface area contributed by atoms with Gasteiger partial charge in [-0.25, -0.2) is 0 Å². The van der Waals surface area contributed by atoms with Crippen molar-refractivity contribution in [1.82, 2.24) is 0 Å². The van der Waals surface area contributed by atoms with Gasteiger partial charge in [-0.05, 0) is 31.0 Å². The monoisotopic (exact) mass is 245 g/mol. The topological polar surface area (TPSA) is 48.2 Å². The fourth-order valence-corrected chi connectivity index (χ4v) is 2.70. The van der Waals surface area contributed by atoms with E-state index in [1.54, 1.807) is 11.8 Å². The number of aryl methyl sites for hydroxylation is 1. The molecule has 0 radical (unpaired) electrons. The van der Waals surface area contributed by atoms with Crippen LogP contribution < -0.4 is 5.32 Å². The van der Waals surface area contributed by atoms with E-state index in [-0.39, 0.29) is 0 Å². The van der Waals surface area contributed by atoms with Crippen LogP contribution in [0.4, 0.5) is 5.69 Å². The third-order valence-corrected chi connectivity index (χ3v) is 3.82. The number of amidine groups is 1. The molecule has 1 unspecified atom stereocenters. The molecular formula is C13H15N3S. The lowest BCUT2D eigenvalue weighted by atomic mass is 10.1. The van der Waals surface area contributed by atoms with Crippen LogP contribution in [0.2, 0.25) is 0 Å². The molecule has 1 aliphatic rings. The third kappa shape index (κ3) is 2.80. The Bertz CT molecular complexity index is 488. The first-order valence-electron chi connectivity index (χ1n) is 5.71. The van der Waals surface area contributed by atoms with Crippen molar-refractivity contribution in [3.8, 4) is 6.07 Å². The van der Waals surface area contributed by atoms with Gasteiger partial charge in [0, 0.05) is 11.4 Å². The minimum Gasteiger partial charge on any atom is -0.335 e. The van der Waals surface area contributed by atoms with Crippen molar-refractivity contribution in [1.29, 1.82) is 5.26 Å². The third-order valence-electron chi connectivity index (χ3n) is 2.79. The molecule has 0 saturated heterocycles. The van der Waals surface area contributed by atoms with Gasteiger partial charge in [0.2, 0.25) is 0 Å². The molecule has 0 spiro atoms. The molecule has 0 aromatic heterocycles. The minimum atomic E-state index is 0.432. The highest BCUT2D eigenvalue weighted by Gasteiger charge is 2.16. The SMILES string of the molecule is CCC1CSC(Nc2cc(C#N)ccc2C)=N1. The highest BCUT2D eigenvalue weighted by Crippen LogP contribution is 2.24. The van der Waals surface area contributed by atoms with Gasteiger partial charge in [0.15, 0.2) is 5.17 Å². The summed E-state index contributed by atoms with van der Waals surface area (Å²) < 4.78 is 0. The molecule has 0 aliphatic carbocycles. The van der Waals surface area contributed by atoms with Crippen molar-refractivity contribution < 1.29 is 0 Å². The predicted molar refractivity (Wildman–Crippen MR) is 73.5 cm³/mol. The van der Waals surface area contributed by atoms with Crippen molar-refractivity contribution >= 4 is 22.6 Å². The molecule has 88 valence electrons. The first-order valence-corrected chi connectivity index (χ1v) is 6.70. The Morgan fingerprint density at radius 1 is 1.59 bits per heavy atom. The van der Waals surface area contributed by atoms with Crippen LogP contribution in [-0.4, -0.2) is 17.0 Å². The van der Waals surface area contributed by atoms with Crippen LogP contribution >= 0.6 is 11.8 Å². The normalized spacial score (nSPS) is 18.6. The van der Waals surface area contributed by atoms with Gasteiger partial charge in [-0.3, -0.25) is 4.99 Å². The van der Waals surface area contributed by atoms with Gasteiger partial charge in [-0.2, -0.15) is 5.26 Å². The summed E-state index contributed by atoms with van der Waals surface area (Å²) in [6.07, 6.45) is 1.08. The lowest BCUT2D eigenvalue weighted by Gasteiger charge is -2.08. The fraction of sp³-hybridized carbons (Fsp3) is 0.385. The van der Waals surface area contributed by atoms with E-state index in [0.29, 0.717) is 11.6 Å². The zero-order valence-corrected chi connectivity index (χ0v) is 10.8. The van der Waals surface area contributed by atoms with E-state index in [1.165, 1.54) is 0 Å². The highest BCUT2D eigenvalue weighted by molar-refractivity contribution is 8.14. The van der Waals surface area contributed by atoms with E-state index < -0.39 is 0 Å². The summed E-state index contributed by atoms with van der Waals surface area (Å²) in [5, 5.41) is 13.2. The number of hydrogen-bond donors (Lipinski definition) is 1. The van der Waals surface area contributed by atoms with Crippen LogP contribution in [-0.2, 0) is 0 Å². The number of anilines is 1. The summed E-state index contributed by atoms with van der Waals surface area (Å²) in [4.78, 5) is 4.58. The molecule has 1 aliphatic heterocycles. The standard InChI is InChI=1S/C13H15N3S/c1-3-11-8-17-13(15-11)16-12-6-10(7-14)5-4-9(12)2/h4-6,11H,3,8H2,1-2H3,(H,15,16). The van der Waals surface area contributed by atoms with Crippen molar-refractivity contribution in [2.24, 2.45) is 4.99 Å². The molecule has 0 fully saturated rings. The van der Waals surface area contributed by atoms with Crippen LogP contribution in [0.1, 0.15) is 24.5 Å². The molecule has 0 bridgehead atoms. The second kappa shape index (κ2) is 5.24. The molecule has 0 saturated carbocycles. The van der Waals surface area contributed by atoms with Crippen molar-refractivity contribution in [2.75, 3.05) is 11.1 Å². The van der Waals surface area contributed by atoms with Gasteiger partial charge in [0.25, 0.3) is 0 Å². The average molecular weight is 245 g/mol. The fourth-order valence-electron chi connectivity index (χ4n) is 1.63. The first kappa shape index (κ1) is 12.0. The number of thioether (sulfide) groups is 1. The molecule has 1 N–H and O–H groups in total. The number of nitriles is 1. The average Bonchev–Trinajstić information content (AvgIpc) is 2.80. The Kier molecular flexibility index (Phi) is 3.70. The zero-order chi connectivity index (χ0) is 12.3. The molecule has 1 aromatic rings. The summed E-state index contributed by atoms with van der Waals surface area (Å²) in [5.41, 5.74) is 2.79. The smallest absolute Gasteiger partial charge is 0.161 e. The van der Waals surface area contributed by atoms with Crippen LogP contribution in [0.25, 0.3) is 0 Å². The lowest BCUT2D eigenvalue weighted by molar-refractivity contribution is 0.738.